The Morgan fingerprint density at radius 2 is 2.08 bits per heavy atom. The number of amides is 1. The van der Waals surface area contributed by atoms with Gasteiger partial charge in [0.25, 0.3) is 5.91 Å². The van der Waals surface area contributed by atoms with E-state index in [0.717, 1.165) is 17.7 Å². The number of carbonyl (C=O) groups excluding carboxylic acids is 1. The van der Waals surface area contributed by atoms with E-state index in [1.165, 1.54) is 6.20 Å². The quantitative estimate of drug-likeness (QED) is 0.748. The highest BCUT2D eigenvalue weighted by Gasteiger charge is 2.12. The molecule has 0 atom stereocenters. The summed E-state index contributed by atoms with van der Waals surface area (Å²) in [6.45, 7) is 3.83. The summed E-state index contributed by atoms with van der Waals surface area (Å²) in [6.07, 6.45) is 2.42. The molecule has 0 aliphatic heterocycles. The van der Waals surface area contributed by atoms with Crippen molar-refractivity contribution in [3.8, 4) is 0 Å². The number of nitrogens with zero attached hydrogens (tertiary/aromatic N) is 3. The van der Waals surface area contributed by atoms with Gasteiger partial charge in [0, 0.05) is 18.0 Å². The molecule has 2 aromatic heterocycles. The number of hydrogen-bond acceptors (Lipinski definition) is 6. The molecule has 1 amide bonds. The predicted octanol–water partition coefficient (Wildman–Crippen LogP) is 3.33. The Balaban J connectivity index is 1.77. The first-order valence-corrected chi connectivity index (χ1v) is 7.58. The van der Waals surface area contributed by atoms with Crippen LogP contribution in [0.4, 0.5) is 17.5 Å². The Hall–Kier alpha value is -3.22. The smallest absolute Gasteiger partial charge is 0.275 e. The summed E-state index contributed by atoms with van der Waals surface area (Å²) in [7, 11) is 0. The monoisotopic (exact) mass is 323 g/mol. The number of aromatic nitrogens is 3. The van der Waals surface area contributed by atoms with Gasteiger partial charge in [-0.2, -0.15) is 0 Å². The van der Waals surface area contributed by atoms with Crippen LogP contribution in [-0.2, 0) is 6.42 Å². The fourth-order valence-corrected chi connectivity index (χ4v) is 2.22. The molecule has 0 fully saturated rings. The average Bonchev–Trinajstić information content (AvgIpc) is 3.00. The molecular formula is C17H17N5O2. The van der Waals surface area contributed by atoms with Gasteiger partial charge in [-0.25, -0.2) is 9.97 Å². The van der Waals surface area contributed by atoms with Crippen molar-refractivity contribution in [2.45, 2.75) is 20.3 Å². The lowest BCUT2D eigenvalue weighted by atomic mass is 10.1. The van der Waals surface area contributed by atoms with Crippen molar-refractivity contribution in [2.75, 3.05) is 10.6 Å². The van der Waals surface area contributed by atoms with Gasteiger partial charge < -0.3 is 15.2 Å². The van der Waals surface area contributed by atoms with Gasteiger partial charge in [-0.15, -0.1) is 0 Å². The van der Waals surface area contributed by atoms with Gasteiger partial charge >= 0.3 is 0 Å². The number of rotatable bonds is 5. The number of hydrogen-bond donors (Lipinski definition) is 2. The molecule has 0 saturated heterocycles. The third-order valence-electron chi connectivity index (χ3n) is 3.40. The van der Waals surface area contributed by atoms with Crippen molar-refractivity contribution >= 4 is 23.4 Å². The second kappa shape index (κ2) is 6.91. The normalized spacial score (nSPS) is 10.4. The standard InChI is InChI=1S/C17H17N5O2/c1-3-12-6-4-5-7-13(12)19-17-18-9-8-14(20-17)16(23)21-15-10-11(2)24-22-15/h4-10H,3H2,1-2H3,(H,18,19,20)(H,21,22,23). The van der Waals surface area contributed by atoms with Crippen molar-refractivity contribution in [1.82, 2.24) is 15.1 Å². The van der Waals surface area contributed by atoms with Gasteiger partial charge in [-0.05, 0) is 31.0 Å². The minimum atomic E-state index is -0.377. The third-order valence-corrected chi connectivity index (χ3v) is 3.40. The Kier molecular flexibility index (Phi) is 4.51. The van der Waals surface area contributed by atoms with Crippen molar-refractivity contribution in [1.29, 1.82) is 0 Å². The van der Waals surface area contributed by atoms with E-state index < -0.39 is 0 Å². The van der Waals surface area contributed by atoms with Crippen LogP contribution in [-0.4, -0.2) is 21.0 Å². The molecule has 122 valence electrons. The van der Waals surface area contributed by atoms with E-state index in [2.05, 4.69) is 32.7 Å². The van der Waals surface area contributed by atoms with E-state index in [-0.39, 0.29) is 11.6 Å². The molecule has 0 unspecified atom stereocenters. The van der Waals surface area contributed by atoms with Gasteiger partial charge in [0.2, 0.25) is 5.95 Å². The lowest BCUT2D eigenvalue weighted by molar-refractivity contribution is 0.102. The first kappa shape index (κ1) is 15.7. The van der Waals surface area contributed by atoms with Crippen LogP contribution in [0.5, 0.6) is 0 Å². The molecule has 0 aliphatic rings. The SMILES string of the molecule is CCc1ccccc1Nc1nccc(C(=O)Nc2cc(C)on2)n1. The van der Waals surface area contributed by atoms with Crippen LogP contribution >= 0.6 is 0 Å². The average molecular weight is 323 g/mol. The molecule has 24 heavy (non-hydrogen) atoms. The van der Waals surface area contributed by atoms with Crippen LogP contribution in [0.1, 0.15) is 28.7 Å². The van der Waals surface area contributed by atoms with Gasteiger partial charge in [0.1, 0.15) is 11.5 Å². The van der Waals surface area contributed by atoms with E-state index in [1.54, 1.807) is 19.1 Å². The van der Waals surface area contributed by atoms with Crippen molar-refractivity contribution < 1.29 is 9.32 Å². The van der Waals surface area contributed by atoms with Crippen LogP contribution in [0.15, 0.2) is 47.1 Å². The van der Waals surface area contributed by atoms with Gasteiger partial charge in [0.05, 0.1) is 0 Å². The largest absolute Gasteiger partial charge is 0.360 e. The maximum atomic E-state index is 12.2. The number of aryl methyl sites for hydroxylation is 2. The molecule has 2 heterocycles. The molecular weight excluding hydrogens is 306 g/mol. The van der Waals surface area contributed by atoms with Crippen LogP contribution < -0.4 is 10.6 Å². The van der Waals surface area contributed by atoms with Crippen molar-refractivity contribution in [2.24, 2.45) is 0 Å². The fraction of sp³-hybridized carbons (Fsp3) is 0.176. The highest BCUT2D eigenvalue weighted by molar-refractivity contribution is 6.02. The summed E-state index contributed by atoms with van der Waals surface area (Å²) in [5.41, 5.74) is 2.31. The number of anilines is 3. The first-order valence-electron chi connectivity index (χ1n) is 7.58. The van der Waals surface area contributed by atoms with Crippen molar-refractivity contribution in [3.05, 3.63) is 59.6 Å². The first-order chi connectivity index (χ1) is 11.7. The molecule has 0 bridgehead atoms. The molecule has 0 spiro atoms. The molecule has 1 aromatic carbocycles. The highest BCUT2D eigenvalue weighted by atomic mass is 16.5. The zero-order chi connectivity index (χ0) is 16.9. The molecule has 3 rings (SSSR count). The molecule has 7 nitrogen and oxygen atoms in total. The maximum Gasteiger partial charge on any atom is 0.275 e. The summed E-state index contributed by atoms with van der Waals surface area (Å²) in [5, 5.41) is 9.51. The van der Waals surface area contributed by atoms with Gasteiger partial charge in [-0.1, -0.05) is 30.3 Å². The summed E-state index contributed by atoms with van der Waals surface area (Å²) in [6, 6.07) is 11.1. The second-order valence-electron chi connectivity index (χ2n) is 5.18. The van der Waals surface area contributed by atoms with Crippen molar-refractivity contribution in [3.63, 3.8) is 0 Å². The summed E-state index contributed by atoms with van der Waals surface area (Å²) < 4.78 is 4.92. The van der Waals surface area contributed by atoms with Crippen LogP contribution in [0, 0.1) is 6.92 Å². The second-order valence-corrected chi connectivity index (χ2v) is 5.18. The molecule has 3 aromatic rings. The van der Waals surface area contributed by atoms with E-state index in [9.17, 15) is 4.79 Å². The van der Waals surface area contributed by atoms with Gasteiger partial charge in [0.15, 0.2) is 5.82 Å². The highest BCUT2D eigenvalue weighted by Crippen LogP contribution is 2.19. The molecule has 0 aliphatic carbocycles. The van der Waals surface area contributed by atoms with E-state index in [0.29, 0.717) is 17.5 Å². The molecule has 0 saturated carbocycles. The topological polar surface area (TPSA) is 92.9 Å². The lowest BCUT2D eigenvalue weighted by Gasteiger charge is -2.10. The Morgan fingerprint density at radius 1 is 1.25 bits per heavy atom. The minimum absolute atomic E-state index is 0.238. The predicted molar refractivity (Wildman–Crippen MR) is 90.3 cm³/mol. The van der Waals surface area contributed by atoms with Crippen LogP contribution in [0.25, 0.3) is 0 Å². The molecule has 2 N–H and O–H groups in total. The van der Waals surface area contributed by atoms with Crippen LogP contribution in [0.2, 0.25) is 0 Å². The lowest BCUT2D eigenvalue weighted by Crippen LogP contribution is -2.15. The molecule has 7 heteroatoms. The van der Waals surface area contributed by atoms with E-state index in [1.807, 2.05) is 24.3 Å². The Labute approximate surface area is 139 Å². The van der Waals surface area contributed by atoms with Gasteiger partial charge in [-0.3, -0.25) is 4.79 Å². The van der Waals surface area contributed by atoms with E-state index in [4.69, 9.17) is 4.52 Å². The molecule has 0 radical (unpaired) electrons. The fourth-order valence-electron chi connectivity index (χ4n) is 2.22. The zero-order valence-corrected chi connectivity index (χ0v) is 13.4. The van der Waals surface area contributed by atoms with Crippen LogP contribution in [0.3, 0.4) is 0 Å². The number of carbonyl (C=O) groups is 1. The summed E-state index contributed by atoms with van der Waals surface area (Å²) in [5.74, 6) is 0.950. The number of benzene rings is 1. The zero-order valence-electron chi connectivity index (χ0n) is 13.4. The third kappa shape index (κ3) is 3.57. The number of para-hydroxylation sites is 1. The van der Waals surface area contributed by atoms with E-state index >= 15 is 0 Å². The minimum Gasteiger partial charge on any atom is -0.360 e. The summed E-state index contributed by atoms with van der Waals surface area (Å²) >= 11 is 0. The Morgan fingerprint density at radius 3 is 2.83 bits per heavy atom. The Bertz CT molecular complexity index is 859. The maximum absolute atomic E-state index is 12.2. The number of nitrogens with one attached hydrogen (secondary N) is 2. The summed E-state index contributed by atoms with van der Waals surface area (Å²) in [4.78, 5) is 20.7.